The summed E-state index contributed by atoms with van der Waals surface area (Å²) in [6.07, 6.45) is 2.02. The van der Waals surface area contributed by atoms with Crippen LogP contribution in [0.1, 0.15) is 25.0 Å². The molecule has 4 heteroatoms. The molecule has 1 heterocycles. The summed E-state index contributed by atoms with van der Waals surface area (Å²) >= 11 is 3.25. The molecule has 0 aliphatic carbocycles. The van der Waals surface area contributed by atoms with Gasteiger partial charge in [-0.1, -0.05) is 5.57 Å². The Bertz CT molecular complexity index is 373. The number of allylic oxidation sites excluding steroid dienone is 1. The van der Waals surface area contributed by atoms with Crippen LogP contribution >= 0.6 is 15.9 Å². The molecule has 0 aliphatic rings. The van der Waals surface area contributed by atoms with E-state index in [-0.39, 0.29) is 0 Å². The Hall–Kier alpha value is -1.16. The number of rotatable bonds is 4. The molecule has 0 spiro atoms. The molecule has 3 nitrogen and oxygen atoms in total. The second kappa shape index (κ2) is 5.07. The van der Waals surface area contributed by atoms with Crippen molar-refractivity contribution >= 4 is 21.9 Å². The van der Waals surface area contributed by atoms with Gasteiger partial charge in [0.05, 0.1) is 5.69 Å². The third-order valence-corrected chi connectivity index (χ3v) is 2.43. The van der Waals surface area contributed by atoms with Crippen LogP contribution in [0.2, 0.25) is 0 Å². The monoisotopic (exact) mass is 269 g/mol. The highest BCUT2D eigenvalue weighted by Gasteiger charge is 2.20. The molecular formula is C11H12BrNO2. The van der Waals surface area contributed by atoms with Crippen LogP contribution in [0.5, 0.6) is 0 Å². The molecule has 0 bridgehead atoms. The number of carboxylic acid groups (broad SMARTS) is 1. The predicted octanol–water partition coefficient (Wildman–Crippen LogP) is 2.98. The van der Waals surface area contributed by atoms with E-state index in [2.05, 4.69) is 27.5 Å². The van der Waals surface area contributed by atoms with Crippen molar-refractivity contribution in [1.29, 1.82) is 0 Å². The molecule has 0 aliphatic heterocycles. The third-order valence-electron chi connectivity index (χ3n) is 1.96. The summed E-state index contributed by atoms with van der Waals surface area (Å²) in [7, 11) is 0. The summed E-state index contributed by atoms with van der Waals surface area (Å²) in [5.41, 5.74) is 1.40. The summed E-state index contributed by atoms with van der Waals surface area (Å²) in [6.45, 7) is 5.53. The van der Waals surface area contributed by atoms with Gasteiger partial charge in [0.25, 0.3) is 0 Å². The third kappa shape index (κ3) is 3.47. The maximum absolute atomic E-state index is 11.0. The fourth-order valence-electron chi connectivity index (χ4n) is 1.26. The summed E-state index contributed by atoms with van der Waals surface area (Å²) < 4.78 is 0.839. The largest absolute Gasteiger partial charge is 0.481 e. The standard InChI is InChI=1S/C11H12BrNO2/c1-7(2)5-9(11(14)15)10-4-3-8(12)6-13-10/h3-4,6,9H,1,5H2,2H3,(H,14,15). The van der Waals surface area contributed by atoms with E-state index in [0.717, 1.165) is 10.0 Å². The number of aliphatic carboxylic acids is 1. The minimum absolute atomic E-state index is 0.421. The summed E-state index contributed by atoms with van der Waals surface area (Å²) in [6, 6.07) is 3.50. The number of halogens is 1. The number of pyridine rings is 1. The Kier molecular flexibility index (Phi) is 4.03. The summed E-state index contributed by atoms with van der Waals surface area (Å²) in [4.78, 5) is 15.1. The number of carboxylic acids is 1. The van der Waals surface area contributed by atoms with Crippen molar-refractivity contribution in [3.05, 3.63) is 40.6 Å². The first-order valence-electron chi connectivity index (χ1n) is 4.49. The molecule has 0 radical (unpaired) electrons. The molecule has 0 saturated carbocycles. The molecule has 0 aromatic carbocycles. The quantitative estimate of drug-likeness (QED) is 0.855. The first kappa shape index (κ1) is 11.9. The lowest BCUT2D eigenvalue weighted by Crippen LogP contribution is -2.13. The Morgan fingerprint density at radius 3 is 2.73 bits per heavy atom. The molecule has 1 atom stereocenters. The zero-order valence-electron chi connectivity index (χ0n) is 8.40. The first-order chi connectivity index (χ1) is 7.00. The second-order valence-corrected chi connectivity index (χ2v) is 4.37. The summed E-state index contributed by atoms with van der Waals surface area (Å²) in [5.74, 6) is -1.47. The minimum atomic E-state index is -0.868. The van der Waals surface area contributed by atoms with Crippen LogP contribution in [0.15, 0.2) is 35.0 Å². The molecule has 1 aromatic rings. The Morgan fingerprint density at radius 1 is 1.67 bits per heavy atom. The van der Waals surface area contributed by atoms with E-state index < -0.39 is 11.9 Å². The summed E-state index contributed by atoms with van der Waals surface area (Å²) in [5, 5.41) is 9.05. The van der Waals surface area contributed by atoms with E-state index in [4.69, 9.17) is 5.11 Å². The molecule has 1 aromatic heterocycles. The molecule has 1 unspecified atom stereocenters. The van der Waals surface area contributed by atoms with Gasteiger partial charge in [-0.2, -0.15) is 0 Å². The second-order valence-electron chi connectivity index (χ2n) is 3.45. The highest BCUT2D eigenvalue weighted by molar-refractivity contribution is 9.10. The number of nitrogens with zero attached hydrogens (tertiary/aromatic N) is 1. The van der Waals surface area contributed by atoms with Crippen molar-refractivity contribution in [2.45, 2.75) is 19.3 Å². The average Bonchev–Trinajstić information content (AvgIpc) is 2.15. The fourth-order valence-corrected chi connectivity index (χ4v) is 1.49. The Balaban J connectivity index is 2.94. The average molecular weight is 270 g/mol. The normalized spacial score (nSPS) is 12.1. The van der Waals surface area contributed by atoms with Crippen LogP contribution < -0.4 is 0 Å². The van der Waals surface area contributed by atoms with E-state index in [0.29, 0.717) is 12.1 Å². The van der Waals surface area contributed by atoms with Gasteiger partial charge in [0, 0.05) is 10.7 Å². The zero-order chi connectivity index (χ0) is 11.4. The van der Waals surface area contributed by atoms with Gasteiger partial charge in [-0.25, -0.2) is 0 Å². The maximum Gasteiger partial charge on any atom is 0.312 e. The van der Waals surface area contributed by atoms with Crippen molar-refractivity contribution in [1.82, 2.24) is 4.98 Å². The Labute approximate surface area is 97.0 Å². The lowest BCUT2D eigenvalue weighted by atomic mass is 9.97. The van der Waals surface area contributed by atoms with E-state index in [1.165, 1.54) is 0 Å². The van der Waals surface area contributed by atoms with Crippen LogP contribution in [0.25, 0.3) is 0 Å². The van der Waals surface area contributed by atoms with Gasteiger partial charge in [-0.15, -0.1) is 6.58 Å². The Morgan fingerprint density at radius 2 is 2.33 bits per heavy atom. The van der Waals surface area contributed by atoms with Crippen molar-refractivity contribution < 1.29 is 9.90 Å². The lowest BCUT2D eigenvalue weighted by Gasteiger charge is -2.11. The van der Waals surface area contributed by atoms with Crippen LogP contribution in [0, 0.1) is 0 Å². The van der Waals surface area contributed by atoms with Gasteiger partial charge in [-0.05, 0) is 41.4 Å². The molecule has 15 heavy (non-hydrogen) atoms. The van der Waals surface area contributed by atoms with Crippen molar-refractivity contribution in [2.24, 2.45) is 0 Å². The fraction of sp³-hybridized carbons (Fsp3) is 0.273. The lowest BCUT2D eigenvalue weighted by molar-refractivity contribution is -0.138. The molecule has 1 rings (SSSR count). The highest BCUT2D eigenvalue weighted by atomic mass is 79.9. The molecule has 0 fully saturated rings. The number of hydrogen-bond acceptors (Lipinski definition) is 2. The van der Waals surface area contributed by atoms with E-state index in [1.807, 2.05) is 6.92 Å². The molecule has 1 N–H and O–H groups in total. The minimum Gasteiger partial charge on any atom is -0.481 e. The van der Waals surface area contributed by atoms with E-state index in [1.54, 1.807) is 18.3 Å². The van der Waals surface area contributed by atoms with Crippen molar-refractivity contribution in [3.63, 3.8) is 0 Å². The first-order valence-corrected chi connectivity index (χ1v) is 5.28. The van der Waals surface area contributed by atoms with Gasteiger partial charge in [0.1, 0.15) is 5.92 Å². The van der Waals surface area contributed by atoms with Crippen molar-refractivity contribution in [2.75, 3.05) is 0 Å². The number of aromatic nitrogens is 1. The maximum atomic E-state index is 11.0. The van der Waals surface area contributed by atoms with Gasteiger partial charge < -0.3 is 5.11 Å². The zero-order valence-corrected chi connectivity index (χ0v) is 9.99. The number of hydrogen-bond donors (Lipinski definition) is 1. The molecular weight excluding hydrogens is 258 g/mol. The van der Waals surface area contributed by atoms with Gasteiger partial charge in [0.2, 0.25) is 0 Å². The predicted molar refractivity (Wildman–Crippen MR) is 61.7 cm³/mol. The SMILES string of the molecule is C=C(C)CC(C(=O)O)c1ccc(Br)cn1. The molecule has 0 saturated heterocycles. The van der Waals surface area contributed by atoms with E-state index in [9.17, 15) is 4.79 Å². The van der Waals surface area contributed by atoms with E-state index >= 15 is 0 Å². The highest BCUT2D eigenvalue weighted by Crippen LogP contribution is 2.22. The topological polar surface area (TPSA) is 50.2 Å². The number of carbonyl (C=O) groups is 1. The van der Waals surface area contributed by atoms with Crippen LogP contribution in [-0.2, 0) is 4.79 Å². The van der Waals surface area contributed by atoms with Crippen LogP contribution in [0.3, 0.4) is 0 Å². The van der Waals surface area contributed by atoms with Gasteiger partial charge in [-0.3, -0.25) is 9.78 Å². The molecule has 80 valence electrons. The van der Waals surface area contributed by atoms with Gasteiger partial charge >= 0.3 is 5.97 Å². The van der Waals surface area contributed by atoms with Crippen LogP contribution in [-0.4, -0.2) is 16.1 Å². The van der Waals surface area contributed by atoms with Crippen LogP contribution in [0.4, 0.5) is 0 Å². The smallest absolute Gasteiger partial charge is 0.312 e. The van der Waals surface area contributed by atoms with Gasteiger partial charge in [0.15, 0.2) is 0 Å². The molecule has 0 amide bonds. The van der Waals surface area contributed by atoms with Crippen molar-refractivity contribution in [3.8, 4) is 0 Å².